The molecule has 2 nitrogen and oxygen atoms in total. The van der Waals surface area contributed by atoms with E-state index in [0.717, 1.165) is 0 Å². The van der Waals surface area contributed by atoms with Gasteiger partial charge in [-0.05, 0) is 32.6 Å². The summed E-state index contributed by atoms with van der Waals surface area (Å²) in [5.74, 6) is 0.683. The Morgan fingerprint density at radius 1 is 1.46 bits per heavy atom. The molecule has 1 saturated carbocycles. The molecule has 1 aliphatic rings. The van der Waals surface area contributed by atoms with E-state index >= 15 is 0 Å². The molecule has 1 fully saturated rings. The number of hydrogen-bond donors (Lipinski definition) is 1. The molecular formula is C11H19NO. The van der Waals surface area contributed by atoms with Crippen LogP contribution in [0.15, 0.2) is 12.2 Å². The third kappa shape index (κ3) is 2.87. The minimum Gasteiger partial charge on any atom is -0.350 e. The second kappa shape index (κ2) is 4.45. The molecule has 1 unspecified atom stereocenters. The van der Waals surface area contributed by atoms with Crippen LogP contribution >= 0.6 is 0 Å². The maximum absolute atomic E-state index is 11.3. The van der Waals surface area contributed by atoms with Gasteiger partial charge >= 0.3 is 0 Å². The molecule has 0 bridgehead atoms. The zero-order chi connectivity index (χ0) is 9.84. The fraction of sp³-hybridized carbons (Fsp3) is 0.727. The number of carbonyl (C=O) groups excluding carboxylic acids is 1. The van der Waals surface area contributed by atoms with E-state index in [9.17, 15) is 4.79 Å². The van der Waals surface area contributed by atoms with Crippen molar-refractivity contribution < 1.29 is 4.79 Å². The van der Waals surface area contributed by atoms with E-state index < -0.39 is 0 Å². The smallest absolute Gasteiger partial charge is 0.246 e. The van der Waals surface area contributed by atoms with Crippen LogP contribution < -0.4 is 5.32 Å². The maximum atomic E-state index is 11.3. The van der Waals surface area contributed by atoms with Crippen molar-refractivity contribution in [3.05, 3.63) is 12.2 Å². The summed E-state index contributed by atoms with van der Waals surface area (Å²) in [4.78, 5) is 11.3. The first kappa shape index (κ1) is 10.3. The Labute approximate surface area is 80.4 Å². The predicted octanol–water partition coefficient (Wildman–Crippen LogP) is 2.26. The van der Waals surface area contributed by atoms with Gasteiger partial charge in [0, 0.05) is 11.6 Å². The van der Waals surface area contributed by atoms with Crippen molar-refractivity contribution in [3.63, 3.8) is 0 Å². The van der Waals surface area contributed by atoms with Gasteiger partial charge in [0.2, 0.25) is 5.91 Å². The molecule has 1 aliphatic carbocycles. The van der Waals surface area contributed by atoms with E-state index in [1.54, 1.807) is 6.92 Å². The second-order valence-electron chi connectivity index (χ2n) is 4.09. The molecule has 13 heavy (non-hydrogen) atoms. The molecular weight excluding hydrogens is 162 g/mol. The lowest BCUT2D eigenvalue weighted by Gasteiger charge is -2.20. The van der Waals surface area contributed by atoms with Gasteiger partial charge in [0.15, 0.2) is 0 Å². The Morgan fingerprint density at radius 3 is 2.46 bits per heavy atom. The first-order valence-corrected chi connectivity index (χ1v) is 5.07. The molecule has 0 radical (unpaired) electrons. The Kier molecular flexibility index (Phi) is 3.52. The normalized spacial score (nSPS) is 19.8. The average Bonchev–Trinajstić information content (AvgIpc) is 2.55. The van der Waals surface area contributed by atoms with E-state index in [1.807, 2.05) is 0 Å². The highest BCUT2D eigenvalue weighted by molar-refractivity contribution is 5.92. The van der Waals surface area contributed by atoms with Gasteiger partial charge in [0.1, 0.15) is 0 Å². The summed E-state index contributed by atoms with van der Waals surface area (Å²) < 4.78 is 0. The van der Waals surface area contributed by atoms with Crippen molar-refractivity contribution in [2.75, 3.05) is 0 Å². The van der Waals surface area contributed by atoms with Crippen molar-refractivity contribution in [3.8, 4) is 0 Å². The molecule has 1 N–H and O–H groups in total. The fourth-order valence-electron chi connectivity index (χ4n) is 1.91. The van der Waals surface area contributed by atoms with Gasteiger partial charge in [0.25, 0.3) is 0 Å². The highest BCUT2D eigenvalue weighted by atomic mass is 16.1. The van der Waals surface area contributed by atoms with Gasteiger partial charge in [0.05, 0.1) is 0 Å². The third-order valence-corrected chi connectivity index (χ3v) is 2.85. The first-order valence-electron chi connectivity index (χ1n) is 5.07. The first-order chi connectivity index (χ1) is 6.11. The van der Waals surface area contributed by atoms with Crippen LogP contribution in [0.25, 0.3) is 0 Å². The predicted molar refractivity (Wildman–Crippen MR) is 54.4 cm³/mol. The lowest BCUT2D eigenvalue weighted by atomic mass is 9.99. The van der Waals surface area contributed by atoms with Crippen molar-refractivity contribution in [2.24, 2.45) is 5.92 Å². The van der Waals surface area contributed by atoms with Gasteiger partial charge in [-0.1, -0.05) is 19.4 Å². The molecule has 0 saturated heterocycles. The molecule has 0 aromatic rings. The van der Waals surface area contributed by atoms with Crippen LogP contribution in [0.1, 0.15) is 39.5 Å². The maximum Gasteiger partial charge on any atom is 0.246 e. The van der Waals surface area contributed by atoms with Crippen LogP contribution in [0.2, 0.25) is 0 Å². The zero-order valence-corrected chi connectivity index (χ0v) is 8.60. The lowest BCUT2D eigenvalue weighted by molar-refractivity contribution is -0.118. The van der Waals surface area contributed by atoms with Crippen LogP contribution in [0.5, 0.6) is 0 Å². The van der Waals surface area contributed by atoms with E-state index in [1.165, 1.54) is 25.7 Å². The minimum atomic E-state index is -0.000556. The van der Waals surface area contributed by atoms with Crippen LogP contribution in [-0.2, 0) is 4.79 Å². The van der Waals surface area contributed by atoms with Gasteiger partial charge in [-0.2, -0.15) is 0 Å². The second-order valence-corrected chi connectivity index (χ2v) is 4.09. The van der Waals surface area contributed by atoms with Crippen molar-refractivity contribution in [1.82, 2.24) is 5.32 Å². The van der Waals surface area contributed by atoms with E-state index in [2.05, 4.69) is 18.8 Å². The van der Waals surface area contributed by atoms with E-state index in [0.29, 0.717) is 17.5 Å². The van der Waals surface area contributed by atoms with Crippen molar-refractivity contribution >= 4 is 5.91 Å². The average molecular weight is 181 g/mol. The van der Waals surface area contributed by atoms with Gasteiger partial charge in [-0.3, -0.25) is 4.79 Å². The summed E-state index contributed by atoms with van der Waals surface area (Å²) in [6, 6.07) is 0.312. The summed E-state index contributed by atoms with van der Waals surface area (Å²) in [7, 11) is 0. The Hall–Kier alpha value is -0.790. The number of rotatable bonds is 3. The zero-order valence-electron chi connectivity index (χ0n) is 8.60. The lowest BCUT2D eigenvalue weighted by Crippen LogP contribution is -2.37. The van der Waals surface area contributed by atoms with Gasteiger partial charge < -0.3 is 5.32 Å². The molecule has 1 amide bonds. The largest absolute Gasteiger partial charge is 0.350 e. The van der Waals surface area contributed by atoms with Gasteiger partial charge in [-0.15, -0.1) is 0 Å². The van der Waals surface area contributed by atoms with E-state index in [-0.39, 0.29) is 5.91 Å². The van der Waals surface area contributed by atoms with Crippen LogP contribution in [0.3, 0.4) is 0 Å². The van der Waals surface area contributed by atoms with Crippen LogP contribution in [-0.4, -0.2) is 11.9 Å². The van der Waals surface area contributed by atoms with Gasteiger partial charge in [-0.25, -0.2) is 0 Å². The van der Waals surface area contributed by atoms with Crippen LogP contribution in [0.4, 0.5) is 0 Å². The summed E-state index contributed by atoms with van der Waals surface area (Å²) in [5.41, 5.74) is 0.602. The minimum absolute atomic E-state index is 0.000556. The molecule has 0 aromatic heterocycles. The highest BCUT2D eigenvalue weighted by Crippen LogP contribution is 2.27. The molecule has 0 aliphatic heterocycles. The number of hydrogen-bond acceptors (Lipinski definition) is 1. The van der Waals surface area contributed by atoms with Crippen molar-refractivity contribution in [1.29, 1.82) is 0 Å². The van der Waals surface area contributed by atoms with E-state index in [4.69, 9.17) is 0 Å². The topological polar surface area (TPSA) is 29.1 Å². The highest BCUT2D eigenvalue weighted by Gasteiger charge is 2.22. The summed E-state index contributed by atoms with van der Waals surface area (Å²) >= 11 is 0. The Bertz CT molecular complexity index is 204. The Morgan fingerprint density at radius 2 is 2.00 bits per heavy atom. The molecule has 2 heteroatoms. The monoisotopic (exact) mass is 181 g/mol. The molecule has 0 aromatic carbocycles. The number of nitrogens with one attached hydrogen (secondary N) is 1. The quantitative estimate of drug-likeness (QED) is 0.665. The number of carbonyl (C=O) groups is 1. The standard InChI is InChI=1S/C11H19NO/c1-8(2)11(13)12-9(3)10-6-4-5-7-10/h9-10H,1,4-7H2,2-3H3,(H,12,13). The summed E-state index contributed by atoms with van der Waals surface area (Å²) in [6.45, 7) is 7.46. The van der Waals surface area contributed by atoms with Crippen molar-refractivity contribution in [2.45, 2.75) is 45.6 Å². The SMILES string of the molecule is C=C(C)C(=O)NC(C)C1CCCC1. The molecule has 1 atom stereocenters. The molecule has 74 valence electrons. The number of amides is 1. The Balaban J connectivity index is 2.35. The molecule has 0 spiro atoms. The summed E-state index contributed by atoms with van der Waals surface area (Å²) in [5, 5.41) is 2.98. The third-order valence-electron chi connectivity index (χ3n) is 2.85. The molecule has 1 rings (SSSR count). The summed E-state index contributed by atoms with van der Waals surface area (Å²) in [6.07, 6.45) is 5.16. The molecule has 0 heterocycles. The van der Waals surface area contributed by atoms with Crippen LogP contribution in [0, 0.1) is 5.92 Å². The fourth-order valence-corrected chi connectivity index (χ4v) is 1.91.